The van der Waals surface area contributed by atoms with E-state index >= 15 is 0 Å². The third-order valence-corrected chi connectivity index (χ3v) is 3.33. The van der Waals surface area contributed by atoms with Crippen molar-refractivity contribution in [3.05, 3.63) is 41.7 Å². The van der Waals surface area contributed by atoms with Crippen LogP contribution in [-0.2, 0) is 6.54 Å². The predicted molar refractivity (Wildman–Crippen MR) is 80.9 cm³/mol. The molecule has 0 aliphatic rings. The molecule has 104 valence electrons. The van der Waals surface area contributed by atoms with Gasteiger partial charge in [0.15, 0.2) is 0 Å². The van der Waals surface area contributed by atoms with Gasteiger partial charge < -0.3 is 10.3 Å². The normalized spacial score (nSPS) is 11.1. The first kappa shape index (κ1) is 12.7. The summed E-state index contributed by atoms with van der Waals surface area (Å²) in [6.45, 7) is 5.91. The number of hydrogen-bond acceptors (Lipinski definition) is 3. The van der Waals surface area contributed by atoms with E-state index in [4.69, 9.17) is 0 Å². The Balaban J connectivity index is 1.53. The van der Waals surface area contributed by atoms with Gasteiger partial charge in [-0.25, -0.2) is 4.98 Å². The Morgan fingerprint density at radius 2 is 2.10 bits per heavy atom. The molecule has 2 heterocycles. The van der Waals surface area contributed by atoms with Crippen molar-refractivity contribution in [3.8, 4) is 0 Å². The summed E-state index contributed by atoms with van der Waals surface area (Å²) in [6, 6.07) is 10.1. The lowest BCUT2D eigenvalue weighted by Gasteiger charge is -2.05. The maximum Gasteiger partial charge on any atom is 0.201 e. The Hall–Kier alpha value is -2.30. The first-order chi connectivity index (χ1) is 9.72. The minimum atomic E-state index is 0.833. The van der Waals surface area contributed by atoms with E-state index < -0.39 is 0 Å². The maximum absolute atomic E-state index is 4.49. The first-order valence-electron chi connectivity index (χ1n) is 6.92. The summed E-state index contributed by atoms with van der Waals surface area (Å²) < 4.78 is 2.05. The molecule has 0 fully saturated rings. The van der Waals surface area contributed by atoms with Crippen molar-refractivity contribution in [1.29, 1.82) is 0 Å². The van der Waals surface area contributed by atoms with E-state index in [2.05, 4.69) is 38.1 Å². The molecular formula is C15H19N5. The number of fused-ring (bicyclic) bond motifs is 1. The molecule has 2 aromatic heterocycles. The van der Waals surface area contributed by atoms with Crippen LogP contribution in [0.4, 0.5) is 5.95 Å². The van der Waals surface area contributed by atoms with Gasteiger partial charge in [0.05, 0.1) is 16.7 Å². The molecule has 3 aromatic rings. The lowest BCUT2D eigenvalue weighted by Crippen LogP contribution is -2.09. The fourth-order valence-electron chi connectivity index (χ4n) is 2.37. The van der Waals surface area contributed by atoms with Crippen LogP contribution in [0.1, 0.15) is 17.8 Å². The van der Waals surface area contributed by atoms with E-state index in [1.54, 1.807) is 0 Å². The summed E-state index contributed by atoms with van der Waals surface area (Å²) in [6.07, 6.45) is 1.01. The molecule has 0 radical (unpaired) electrons. The molecule has 0 bridgehead atoms. The summed E-state index contributed by atoms with van der Waals surface area (Å²) in [5.41, 5.74) is 4.35. The number of nitrogens with zero attached hydrogens (tertiary/aromatic N) is 3. The number of aryl methyl sites for hydroxylation is 3. The van der Waals surface area contributed by atoms with Gasteiger partial charge in [0.1, 0.15) is 0 Å². The maximum atomic E-state index is 4.49. The van der Waals surface area contributed by atoms with Crippen molar-refractivity contribution in [1.82, 2.24) is 19.7 Å². The summed E-state index contributed by atoms with van der Waals surface area (Å²) >= 11 is 0. The number of nitrogens with one attached hydrogen (secondary N) is 2. The van der Waals surface area contributed by atoms with Crippen molar-refractivity contribution in [2.45, 2.75) is 26.8 Å². The fourth-order valence-corrected chi connectivity index (χ4v) is 2.37. The van der Waals surface area contributed by atoms with Crippen LogP contribution in [0.2, 0.25) is 0 Å². The molecule has 0 saturated carbocycles. The van der Waals surface area contributed by atoms with Crippen molar-refractivity contribution >= 4 is 17.0 Å². The van der Waals surface area contributed by atoms with E-state index in [9.17, 15) is 0 Å². The van der Waals surface area contributed by atoms with Gasteiger partial charge in [0, 0.05) is 18.8 Å². The Bertz CT molecular complexity index is 677. The van der Waals surface area contributed by atoms with Crippen molar-refractivity contribution < 1.29 is 0 Å². The van der Waals surface area contributed by atoms with E-state index in [-0.39, 0.29) is 0 Å². The number of imidazole rings is 1. The highest BCUT2D eigenvalue weighted by Crippen LogP contribution is 2.13. The van der Waals surface area contributed by atoms with Gasteiger partial charge in [-0.05, 0) is 38.5 Å². The standard InChI is InChI=1S/C15H19N5/c1-11-10-12(2)20(19-11)9-5-8-16-15-17-13-6-3-4-7-14(13)18-15/h3-4,6-7,10H,5,8-9H2,1-2H3,(H2,16,17,18). The second-order valence-electron chi connectivity index (χ2n) is 5.03. The highest BCUT2D eigenvalue weighted by atomic mass is 15.3. The number of aromatic nitrogens is 4. The molecule has 0 aliphatic heterocycles. The number of H-pyrrole nitrogens is 1. The molecule has 0 amide bonds. The number of para-hydroxylation sites is 2. The van der Waals surface area contributed by atoms with E-state index in [1.165, 1.54) is 5.69 Å². The molecule has 0 spiro atoms. The third-order valence-electron chi connectivity index (χ3n) is 3.33. The smallest absolute Gasteiger partial charge is 0.201 e. The fraction of sp³-hybridized carbons (Fsp3) is 0.333. The van der Waals surface area contributed by atoms with Crippen LogP contribution in [0.3, 0.4) is 0 Å². The number of benzene rings is 1. The van der Waals surface area contributed by atoms with Gasteiger partial charge in [-0.1, -0.05) is 12.1 Å². The largest absolute Gasteiger partial charge is 0.356 e. The highest BCUT2D eigenvalue weighted by Gasteiger charge is 2.02. The zero-order valence-corrected chi connectivity index (χ0v) is 11.8. The topological polar surface area (TPSA) is 58.5 Å². The molecule has 20 heavy (non-hydrogen) atoms. The van der Waals surface area contributed by atoms with Crippen molar-refractivity contribution in [2.75, 3.05) is 11.9 Å². The van der Waals surface area contributed by atoms with Crippen LogP contribution in [0.15, 0.2) is 30.3 Å². The van der Waals surface area contributed by atoms with E-state index in [1.807, 2.05) is 31.2 Å². The predicted octanol–water partition coefficient (Wildman–Crippen LogP) is 2.88. The van der Waals surface area contributed by atoms with Crippen LogP contribution < -0.4 is 5.32 Å². The Morgan fingerprint density at radius 3 is 2.85 bits per heavy atom. The summed E-state index contributed by atoms with van der Waals surface area (Å²) in [5, 5.41) is 7.78. The highest BCUT2D eigenvalue weighted by molar-refractivity contribution is 5.77. The van der Waals surface area contributed by atoms with Crippen LogP contribution in [0.5, 0.6) is 0 Å². The van der Waals surface area contributed by atoms with Crippen LogP contribution in [0.25, 0.3) is 11.0 Å². The molecule has 5 heteroatoms. The third kappa shape index (κ3) is 2.66. The first-order valence-corrected chi connectivity index (χ1v) is 6.92. The molecule has 0 aliphatic carbocycles. The average Bonchev–Trinajstić information content (AvgIpc) is 2.97. The zero-order chi connectivity index (χ0) is 13.9. The molecule has 0 saturated heterocycles. The summed E-state index contributed by atoms with van der Waals surface area (Å²) in [7, 11) is 0. The lowest BCUT2D eigenvalue weighted by atomic mass is 10.3. The van der Waals surface area contributed by atoms with Crippen LogP contribution >= 0.6 is 0 Å². The van der Waals surface area contributed by atoms with Crippen LogP contribution in [-0.4, -0.2) is 26.3 Å². The SMILES string of the molecule is Cc1cc(C)n(CCCNc2nc3ccccc3[nH]2)n1. The number of anilines is 1. The molecule has 0 atom stereocenters. The minimum absolute atomic E-state index is 0.833. The minimum Gasteiger partial charge on any atom is -0.356 e. The Morgan fingerprint density at radius 1 is 1.25 bits per heavy atom. The molecule has 5 nitrogen and oxygen atoms in total. The number of hydrogen-bond donors (Lipinski definition) is 2. The second kappa shape index (κ2) is 5.36. The number of aromatic amines is 1. The van der Waals surface area contributed by atoms with Crippen LogP contribution in [0, 0.1) is 13.8 Å². The Kier molecular flexibility index (Phi) is 3.41. The molecule has 1 aromatic carbocycles. The van der Waals surface area contributed by atoms with Crippen molar-refractivity contribution in [3.63, 3.8) is 0 Å². The molecule has 3 rings (SSSR count). The van der Waals surface area contributed by atoms with Gasteiger partial charge in [0.2, 0.25) is 5.95 Å². The molecule has 0 unspecified atom stereocenters. The summed E-state index contributed by atoms with van der Waals surface area (Å²) in [4.78, 5) is 7.75. The zero-order valence-electron chi connectivity index (χ0n) is 11.8. The van der Waals surface area contributed by atoms with Crippen molar-refractivity contribution in [2.24, 2.45) is 0 Å². The lowest BCUT2D eigenvalue weighted by molar-refractivity contribution is 0.573. The average molecular weight is 269 g/mol. The van der Waals surface area contributed by atoms with Gasteiger partial charge in [-0.2, -0.15) is 5.10 Å². The molecule has 2 N–H and O–H groups in total. The monoisotopic (exact) mass is 269 g/mol. The Labute approximate surface area is 118 Å². The quantitative estimate of drug-likeness (QED) is 0.700. The number of rotatable bonds is 5. The van der Waals surface area contributed by atoms with Gasteiger partial charge in [-0.15, -0.1) is 0 Å². The second-order valence-corrected chi connectivity index (χ2v) is 5.03. The van der Waals surface area contributed by atoms with Gasteiger partial charge in [-0.3, -0.25) is 4.68 Å². The van der Waals surface area contributed by atoms with E-state index in [0.29, 0.717) is 0 Å². The molecular weight excluding hydrogens is 250 g/mol. The van der Waals surface area contributed by atoms with Gasteiger partial charge >= 0.3 is 0 Å². The van der Waals surface area contributed by atoms with Gasteiger partial charge in [0.25, 0.3) is 0 Å². The summed E-state index contributed by atoms with van der Waals surface area (Å²) in [5.74, 6) is 0.833. The van der Waals surface area contributed by atoms with E-state index in [0.717, 1.165) is 42.2 Å².